The number of benzene rings is 3. The van der Waals surface area contributed by atoms with E-state index in [9.17, 15) is 5.21 Å². The van der Waals surface area contributed by atoms with Crippen molar-refractivity contribution in [1.82, 2.24) is 4.98 Å². The minimum absolute atomic E-state index is 0.427. The summed E-state index contributed by atoms with van der Waals surface area (Å²) in [6.45, 7) is 4.40. The zero-order chi connectivity index (χ0) is 21.8. The van der Waals surface area contributed by atoms with Gasteiger partial charge in [0, 0.05) is 33.8 Å². The fourth-order valence-corrected chi connectivity index (χ4v) is 3.80. The number of oxime groups is 1. The monoisotopic (exact) mass is 431 g/mol. The van der Waals surface area contributed by atoms with E-state index < -0.39 is 0 Å². The Bertz CT molecular complexity index is 1270. The van der Waals surface area contributed by atoms with Gasteiger partial charge in [0.25, 0.3) is 0 Å². The quantitative estimate of drug-likeness (QED) is 0.206. The molecule has 1 aromatic heterocycles. The van der Waals surface area contributed by atoms with Crippen molar-refractivity contribution >= 4 is 39.5 Å². The summed E-state index contributed by atoms with van der Waals surface area (Å²) in [6.07, 6.45) is 1.80. The average Bonchev–Trinajstić information content (AvgIpc) is 2.78. The maximum absolute atomic E-state index is 9.69. The first-order valence-electron chi connectivity index (χ1n) is 9.98. The highest BCUT2D eigenvalue weighted by atomic mass is 35.5. The molecule has 0 spiro atoms. The minimum Gasteiger partial charge on any atom is -0.476 e. The molecule has 3 aromatic carbocycles. The van der Waals surface area contributed by atoms with E-state index in [0.29, 0.717) is 28.8 Å². The van der Waals surface area contributed by atoms with E-state index in [1.54, 1.807) is 12.3 Å². The molecule has 0 atom stereocenters. The summed E-state index contributed by atoms with van der Waals surface area (Å²) in [5.41, 5.74) is 4.44. The van der Waals surface area contributed by atoms with Crippen LogP contribution in [0.2, 0.25) is 5.02 Å². The van der Waals surface area contributed by atoms with Crippen LogP contribution in [0.4, 0.5) is 11.4 Å². The molecule has 4 rings (SSSR count). The van der Waals surface area contributed by atoms with Crippen molar-refractivity contribution in [2.75, 3.05) is 11.9 Å². The van der Waals surface area contributed by atoms with E-state index >= 15 is 0 Å². The Hall–Kier alpha value is -3.57. The van der Waals surface area contributed by atoms with E-state index in [4.69, 9.17) is 16.3 Å². The van der Waals surface area contributed by atoms with Gasteiger partial charge in [0.05, 0.1) is 11.6 Å². The average molecular weight is 432 g/mol. The molecule has 0 radical (unpaired) electrons. The van der Waals surface area contributed by atoms with Crippen LogP contribution in [0.3, 0.4) is 0 Å². The van der Waals surface area contributed by atoms with E-state index in [-0.39, 0.29) is 0 Å². The Morgan fingerprint density at radius 1 is 1.06 bits per heavy atom. The third kappa shape index (κ3) is 4.18. The van der Waals surface area contributed by atoms with Crippen LogP contribution in [0.1, 0.15) is 23.6 Å². The fourth-order valence-electron chi connectivity index (χ4n) is 3.53. The molecule has 0 saturated carbocycles. The highest BCUT2D eigenvalue weighted by Gasteiger charge is 2.16. The molecule has 1 heterocycles. The van der Waals surface area contributed by atoms with Crippen LogP contribution in [0.5, 0.6) is 5.88 Å². The van der Waals surface area contributed by atoms with E-state index in [2.05, 4.69) is 15.5 Å². The number of fused-ring (bicyclic) bond motifs is 1. The van der Waals surface area contributed by atoms with Gasteiger partial charge < -0.3 is 15.3 Å². The van der Waals surface area contributed by atoms with Gasteiger partial charge in [0.2, 0.25) is 5.88 Å². The van der Waals surface area contributed by atoms with Crippen molar-refractivity contribution in [3.8, 4) is 5.88 Å². The first-order valence-corrected chi connectivity index (χ1v) is 10.4. The normalized spacial score (nSPS) is 11.5. The van der Waals surface area contributed by atoms with Crippen molar-refractivity contribution < 1.29 is 9.94 Å². The van der Waals surface area contributed by atoms with Gasteiger partial charge in [0.15, 0.2) is 0 Å². The molecule has 5 nitrogen and oxygen atoms in total. The molecular formula is C25H22ClN3O2. The van der Waals surface area contributed by atoms with E-state index in [1.165, 1.54) is 0 Å². The van der Waals surface area contributed by atoms with Crippen LogP contribution in [0.25, 0.3) is 10.8 Å². The number of pyridine rings is 1. The summed E-state index contributed by atoms with van der Waals surface area (Å²) in [5.74, 6) is 0.527. The van der Waals surface area contributed by atoms with Crippen molar-refractivity contribution in [1.29, 1.82) is 0 Å². The molecule has 6 heteroatoms. The predicted octanol–water partition coefficient (Wildman–Crippen LogP) is 6.57. The maximum Gasteiger partial charge on any atom is 0.238 e. The molecule has 0 aliphatic heterocycles. The summed E-state index contributed by atoms with van der Waals surface area (Å²) in [7, 11) is 0. The first kappa shape index (κ1) is 20.7. The van der Waals surface area contributed by atoms with Crippen molar-refractivity contribution in [3.05, 3.63) is 94.6 Å². The number of aryl methyl sites for hydroxylation is 1. The third-order valence-electron chi connectivity index (χ3n) is 5.04. The van der Waals surface area contributed by atoms with Gasteiger partial charge in [-0.2, -0.15) is 0 Å². The predicted molar refractivity (Wildman–Crippen MR) is 126 cm³/mol. The number of rotatable bonds is 6. The van der Waals surface area contributed by atoms with Crippen LogP contribution in [-0.4, -0.2) is 22.5 Å². The molecule has 2 N–H and O–H groups in total. The molecule has 0 bridgehead atoms. The van der Waals surface area contributed by atoms with Crippen LogP contribution in [-0.2, 0) is 0 Å². The highest BCUT2D eigenvalue weighted by Crippen LogP contribution is 2.35. The number of hydrogen-bond donors (Lipinski definition) is 2. The third-order valence-corrected chi connectivity index (χ3v) is 5.35. The van der Waals surface area contributed by atoms with Gasteiger partial charge in [-0.1, -0.05) is 65.3 Å². The zero-order valence-electron chi connectivity index (χ0n) is 17.3. The second-order valence-electron chi connectivity index (χ2n) is 7.04. The molecule has 0 amide bonds. The van der Waals surface area contributed by atoms with Crippen molar-refractivity contribution in [2.45, 2.75) is 13.8 Å². The summed E-state index contributed by atoms with van der Waals surface area (Å²) < 4.78 is 5.74. The molecule has 0 aliphatic carbocycles. The molecule has 156 valence electrons. The van der Waals surface area contributed by atoms with Crippen molar-refractivity contribution in [3.63, 3.8) is 0 Å². The molecule has 0 saturated heterocycles. The number of aromatic nitrogens is 1. The zero-order valence-corrected chi connectivity index (χ0v) is 18.0. The summed E-state index contributed by atoms with van der Waals surface area (Å²) in [6, 6.07) is 21.2. The molecule has 31 heavy (non-hydrogen) atoms. The standard InChI is InChI=1S/C25H22ClN3O2/c1-3-31-25-24(20-11-7-5-9-17(20)15-27-25)28-18-12-13-21(22(26)14-18)23(29-30)19-10-6-4-8-16(19)2/h4-15,28,30H,3H2,1-2H3. The molecule has 0 fully saturated rings. The molecule has 4 aromatic rings. The van der Waals surface area contributed by atoms with Gasteiger partial charge in [-0.05, 0) is 37.6 Å². The Morgan fingerprint density at radius 2 is 1.84 bits per heavy atom. The summed E-state index contributed by atoms with van der Waals surface area (Å²) >= 11 is 6.61. The second kappa shape index (κ2) is 9.06. The lowest BCUT2D eigenvalue weighted by Gasteiger charge is -2.16. The number of halogens is 1. The number of nitrogens with zero attached hydrogens (tertiary/aromatic N) is 2. The number of nitrogens with one attached hydrogen (secondary N) is 1. The second-order valence-corrected chi connectivity index (χ2v) is 7.45. The summed E-state index contributed by atoms with van der Waals surface area (Å²) in [4.78, 5) is 4.45. The Balaban J connectivity index is 1.73. The van der Waals surface area contributed by atoms with E-state index in [0.717, 1.165) is 33.3 Å². The Morgan fingerprint density at radius 3 is 2.58 bits per heavy atom. The van der Waals surface area contributed by atoms with Gasteiger partial charge in [-0.15, -0.1) is 0 Å². The van der Waals surface area contributed by atoms with Gasteiger partial charge >= 0.3 is 0 Å². The fraction of sp³-hybridized carbons (Fsp3) is 0.120. The van der Waals surface area contributed by atoms with Crippen molar-refractivity contribution in [2.24, 2.45) is 5.16 Å². The lowest BCUT2D eigenvalue weighted by atomic mass is 9.98. The Labute approximate surface area is 186 Å². The smallest absolute Gasteiger partial charge is 0.238 e. The number of ether oxygens (including phenoxy) is 1. The van der Waals surface area contributed by atoms with Crippen LogP contribution in [0.15, 0.2) is 78.1 Å². The van der Waals surface area contributed by atoms with E-state index in [1.807, 2.05) is 74.5 Å². The van der Waals surface area contributed by atoms with Crippen LogP contribution < -0.4 is 10.1 Å². The molecule has 0 unspecified atom stereocenters. The number of hydrogen-bond acceptors (Lipinski definition) is 5. The lowest BCUT2D eigenvalue weighted by Crippen LogP contribution is -2.07. The van der Waals surface area contributed by atoms with Crippen LogP contribution in [0, 0.1) is 6.92 Å². The lowest BCUT2D eigenvalue weighted by molar-refractivity contribution is 0.319. The molecular weight excluding hydrogens is 410 g/mol. The Kier molecular flexibility index (Phi) is 6.05. The molecule has 0 aliphatic rings. The largest absolute Gasteiger partial charge is 0.476 e. The van der Waals surface area contributed by atoms with Gasteiger partial charge in [0.1, 0.15) is 11.4 Å². The van der Waals surface area contributed by atoms with Gasteiger partial charge in [-0.25, -0.2) is 4.98 Å². The maximum atomic E-state index is 9.69. The minimum atomic E-state index is 0.427. The highest BCUT2D eigenvalue weighted by molar-refractivity contribution is 6.35. The SMILES string of the molecule is CCOc1ncc2ccccc2c1Nc1ccc(C(=NO)c2ccccc2C)c(Cl)c1. The topological polar surface area (TPSA) is 66.7 Å². The summed E-state index contributed by atoms with van der Waals surface area (Å²) in [5, 5.41) is 19.1. The van der Waals surface area contributed by atoms with Crippen LogP contribution >= 0.6 is 11.6 Å². The first-order chi connectivity index (χ1) is 15.1. The van der Waals surface area contributed by atoms with Gasteiger partial charge in [-0.3, -0.25) is 0 Å². The number of anilines is 2.